The average Bonchev–Trinajstić information content (AvgIpc) is 2.23. The highest BCUT2D eigenvalue weighted by Crippen LogP contribution is 2.41. The average molecular weight is 284 g/mol. The van der Waals surface area contributed by atoms with Crippen molar-refractivity contribution in [2.45, 2.75) is 47.0 Å². The number of allylic oxidation sites excluding steroid dienone is 6. The fourth-order valence-corrected chi connectivity index (χ4v) is 3.08. The second-order valence-electron chi connectivity index (χ2n) is 6.06. The lowest BCUT2D eigenvalue weighted by molar-refractivity contribution is 0.376. The molecule has 0 radical (unpaired) electrons. The highest BCUT2D eigenvalue weighted by Gasteiger charge is 2.26. The lowest BCUT2D eigenvalue weighted by atomic mass is 9.72. The van der Waals surface area contributed by atoms with Gasteiger partial charge in [-0.15, -0.1) is 0 Å². The maximum Gasteiger partial charge on any atom is 0.329 e. The van der Waals surface area contributed by atoms with Gasteiger partial charge in [0, 0.05) is 0 Å². The van der Waals surface area contributed by atoms with Crippen molar-refractivity contribution in [2.24, 2.45) is 5.41 Å². The largest absolute Gasteiger partial charge is 0.329 e. The molecule has 1 aliphatic rings. The first kappa shape index (κ1) is 16.4. The van der Waals surface area contributed by atoms with Gasteiger partial charge in [0.25, 0.3) is 0 Å². The van der Waals surface area contributed by atoms with Crippen LogP contribution in [0.5, 0.6) is 0 Å². The number of rotatable bonds is 4. The Bertz CT molecular complexity index is 464. The van der Waals surface area contributed by atoms with Gasteiger partial charge in [-0.2, -0.15) is 0 Å². The SMILES string of the molecule is CC(C=CC1=C(C)CCCC1(C)C)=CCP(=O)(O)O. The van der Waals surface area contributed by atoms with Gasteiger partial charge in [0.15, 0.2) is 0 Å². The Hall–Kier alpha value is -0.630. The molecule has 3 nitrogen and oxygen atoms in total. The molecule has 108 valence electrons. The van der Waals surface area contributed by atoms with E-state index in [1.165, 1.54) is 24.0 Å². The standard InChI is InChI=1S/C15H25O3P/c1-12(9-11-19(16,17)18)7-8-14-13(2)6-5-10-15(14,3)4/h7-9H,5-6,10-11H2,1-4H3,(H2,16,17,18). The summed E-state index contributed by atoms with van der Waals surface area (Å²) in [6.07, 6.45) is 9.06. The maximum atomic E-state index is 10.8. The molecule has 2 N–H and O–H groups in total. The van der Waals surface area contributed by atoms with E-state index in [2.05, 4.69) is 26.8 Å². The van der Waals surface area contributed by atoms with E-state index in [-0.39, 0.29) is 11.6 Å². The maximum absolute atomic E-state index is 10.8. The summed E-state index contributed by atoms with van der Waals surface area (Å²) in [6, 6.07) is 0. The van der Waals surface area contributed by atoms with Gasteiger partial charge in [0.2, 0.25) is 0 Å². The van der Waals surface area contributed by atoms with Crippen LogP contribution < -0.4 is 0 Å². The molecule has 0 amide bonds. The normalized spacial score (nSPS) is 21.3. The Labute approximate surface area is 116 Å². The summed E-state index contributed by atoms with van der Waals surface area (Å²) in [6.45, 7) is 8.56. The fourth-order valence-electron chi connectivity index (χ4n) is 2.56. The summed E-state index contributed by atoms with van der Waals surface area (Å²) < 4.78 is 10.8. The lowest BCUT2D eigenvalue weighted by Gasteiger charge is -2.32. The van der Waals surface area contributed by atoms with Gasteiger partial charge in [-0.1, -0.05) is 43.2 Å². The van der Waals surface area contributed by atoms with Gasteiger partial charge >= 0.3 is 7.60 Å². The minimum Gasteiger partial charge on any atom is -0.324 e. The van der Waals surface area contributed by atoms with E-state index in [4.69, 9.17) is 9.79 Å². The molecule has 1 aliphatic carbocycles. The Morgan fingerprint density at radius 1 is 1.42 bits per heavy atom. The Balaban J connectivity index is 2.83. The van der Waals surface area contributed by atoms with Gasteiger partial charge in [-0.3, -0.25) is 4.57 Å². The first-order chi connectivity index (χ1) is 8.62. The van der Waals surface area contributed by atoms with Crippen LogP contribution in [0, 0.1) is 5.41 Å². The molecule has 0 atom stereocenters. The topological polar surface area (TPSA) is 57.5 Å². The molecule has 0 aliphatic heterocycles. The summed E-state index contributed by atoms with van der Waals surface area (Å²) in [5, 5.41) is 0. The van der Waals surface area contributed by atoms with Crippen LogP contribution in [0.25, 0.3) is 0 Å². The van der Waals surface area contributed by atoms with E-state index in [0.717, 1.165) is 12.0 Å². The minimum atomic E-state index is -3.94. The predicted molar refractivity (Wildman–Crippen MR) is 80.1 cm³/mol. The molecule has 1 rings (SSSR count). The molecule has 0 aromatic carbocycles. The van der Waals surface area contributed by atoms with E-state index in [0.29, 0.717) is 0 Å². The van der Waals surface area contributed by atoms with Gasteiger partial charge in [-0.05, 0) is 44.1 Å². The van der Waals surface area contributed by atoms with E-state index < -0.39 is 7.60 Å². The zero-order valence-electron chi connectivity index (χ0n) is 12.3. The molecule has 0 heterocycles. The van der Waals surface area contributed by atoms with Gasteiger partial charge in [0.05, 0.1) is 6.16 Å². The summed E-state index contributed by atoms with van der Waals surface area (Å²) in [7, 11) is -3.94. The molecule has 0 fully saturated rings. The van der Waals surface area contributed by atoms with Crippen molar-refractivity contribution in [2.75, 3.05) is 6.16 Å². The first-order valence-electron chi connectivity index (χ1n) is 6.71. The van der Waals surface area contributed by atoms with E-state index in [1.54, 1.807) is 6.08 Å². The van der Waals surface area contributed by atoms with Gasteiger partial charge < -0.3 is 9.79 Å². The smallest absolute Gasteiger partial charge is 0.324 e. The third-order valence-corrected chi connectivity index (χ3v) is 4.36. The molecule has 0 saturated carbocycles. The van der Waals surface area contributed by atoms with Crippen LogP contribution in [-0.2, 0) is 4.57 Å². The molecule has 0 bridgehead atoms. The van der Waals surface area contributed by atoms with Crippen molar-refractivity contribution >= 4 is 7.60 Å². The quantitative estimate of drug-likeness (QED) is 0.601. The van der Waals surface area contributed by atoms with Crippen molar-refractivity contribution in [3.8, 4) is 0 Å². The molecule has 0 spiro atoms. The van der Waals surface area contributed by atoms with Crippen LogP contribution in [0.2, 0.25) is 0 Å². The van der Waals surface area contributed by atoms with Crippen LogP contribution >= 0.6 is 7.60 Å². The summed E-state index contributed by atoms with van der Waals surface area (Å²) in [5.41, 5.74) is 3.88. The molecular formula is C15H25O3P. The van der Waals surface area contributed by atoms with Crippen LogP contribution in [0.3, 0.4) is 0 Å². The fraction of sp³-hybridized carbons (Fsp3) is 0.600. The highest BCUT2D eigenvalue weighted by molar-refractivity contribution is 7.51. The second kappa shape index (κ2) is 6.21. The third-order valence-electron chi connectivity index (χ3n) is 3.71. The van der Waals surface area contributed by atoms with Crippen LogP contribution in [0.15, 0.2) is 34.9 Å². The lowest BCUT2D eigenvalue weighted by Crippen LogP contribution is -2.19. The minimum absolute atomic E-state index is 0.190. The van der Waals surface area contributed by atoms with Crippen molar-refractivity contribution in [3.63, 3.8) is 0 Å². The van der Waals surface area contributed by atoms with Gasteiger partial charge in [0.1, 0.15) is 0 Å². The molecule has 4 heteroatoms. The molecule has 19 heavy (non-hydrogen) atoms. The van der Waals surface area contributed by atoms with Crippen molar-refractivity contribution in [1.82, 2.24) is 0 Å². The molecule has 0 aromatic rings. The molecule has 0 saturated heterocycles. The summed E-state index contributed by atoms with van der Waals surface area (Å²) >= 11 is 0. The molecular weight excluding hydrogens is 259 g/mol. The third kappa shape index (κ3) is 5.48. The number of hydrogen-bond acceptors (Lipinski definition) is 1. The molecule has 0 aromatic heterocycles. The van der Waals surface area contributed by atoms with Gasteiger partial charge in [-0.25, -0.2) is 0 Å². The monoisotopic (exact) mass is 284 g/mol. The Morgan fingerprint density at radius 2 is 2.05 bits per heavy atom. The zero-order valence-corrected chi connectivity index (χ0v) is 13.2. The van der Waals surface area contributed by atoms with Crippen LogP contribution in [-0.4, -0.2) is 15.9 Å². The Morgan fingerprint density at radius 3 is 2.58 bits per heavy atom. The number of hydrogen-bond donors (Lipinski definition) is 2. The second-order valence-corrected chi connectivity index (χ2v) is 7.75. The summed E-state index contributed by atoms with van der Waals surface area (Å²) in [5.74, 6) is 0. The van der Waals surface area contributed by atoms with Crippen LogP contribution in [0.4, 0.5) is 0 Å². The zero-order chi connectivity index (χ0) is 14.7. The highest BCUT2D eigenvalue weighted by atomic mass is 31.2. The summed E-state index contributed by atoms with van der Waals surface area (Å²) in [4.78, 5) is 17.7. The molecule has 0 unspecified atom stereocenters. The van der Waals surface area contributed by atoms with Crippen molar-refractivity contribution in [3.05, 3.63) is 34.9 Å². The first-order valence-corrected chi connectivity index (χ1v) is 8.51. The Kier molecular flexibility index (Phi) is 5.37. The van der Waals surface area contributed by atoms with E-state index in [1.807, 2.05) is 13.0 Å². The van der Waals surface area contributed by atoms with Crippen molar-refractivity contribution < 1.29 is 14.4 Å². The predicted octanol–water partition coefficient (Wildman–Crippen LogP) is 4.19. The van der Waals surface area contributed by atoms with Crippen molar-refractivity contribution in [1.29, 1.82) is 0 Å². The van der Waals surface area contributed by atoms with E-state index in [9.17, 15) is 4.57 Å². The van der Waals surface area contributed by atoms with Crippen LogP contribution in [0.1, 0.15) is 47.0 Å². The van der Waals surface area contributed by atoms with E-state index >= 15 is 0 Å².